The van der Waals surface area contributed by atoms with Gasteiger partial charge in [0.15, 0.2) is 0 Å². The molecule has 0 aliphatic carbocycles. The molecule has 21 heavy (non-hydrogen) atoms. The zero-order valence-electron chi connectivity index (χ0n) is 12.1. The average molecular weight is 279 g/mol. The van der Waals surface area contributed by atoms with E-state index in [1.54, 1.807) is 12.1 Å². The van der Waals surface area contributed by atoms with E-state index in [-0.39, 0.29) is 6.10 Å². The van der Waals surface area contributed by atoms with Crippen molar-refractivity contribution < 1.29 is 4.74 Å². The zero-order chi connectivity index (χ0) is 15.1. The van der Waals surface area contributed by atoms with Crippen LogP contribution in [-0.4, -0.2) is 12.0 Å². The molecule has 106 valence electrons. The van der Waals surface area contributed by atoms with Crippen molar-refractivity contribution in [1.29, 1.82) is 5.26 Å². The van der Waals surface area contributed by atoms with Gasteiger partial charge < -0.3 is 4.74 Å². The summed E-state index contributed by atoms with van der Waals surface area (Å²) in [7, 11) is 0. The second kappa shape index (κ2) is 7.11. The van der Waals surface area contributed by atoms with Crippen molar-refractivity contribution in [3.8, 4) is 6.07 Å². The number of rotatable bonds is 4. The number of anilines is 1. The van der Waals surface area contributed by atoms with E-state index in [4.69, 9.17) is 10.00 Å². The summed E-state index contributed by atoms with van der Waals surface area (Å²) in [4.78, 5) is 0. The number of ether oxygens (including phenoxy) is 1. The number of nitriles is 1. The molecule has 1 N–H and O–H groups in total. The van der Waals surface area contributed by atoms with E-state index in [9.17, 15) is 0 Å². The lowest BCUT2D eigenvalue weighted by Gasteiger charge is -2.13. The second-order valence-corrected chi connectivity index (χ2v) is 4.75. The molecule has 2 aromatic rings. The van der Waals surface area contributed by atoms with Gasteiger partial charge in [0.25, 0.3) is 0 Å². The summed E-state index contributed by atoms with van der Waals surface area (Å²) in [5.74, 6) is 0.521. The van der Waals surface area contributed by atoms with E-state index in [0.717, 1.165) is 11.3 Å². The van der Waals surface area contributed by atoms with E-state index >= 15 is 0 Å². The van der Waals surface area contributed by atoms with Crippen molar-refractivity contribution >= 4 is 11.6 Å². The van der Waals surface area contributed by atoms with Crippen molar-refractivity contribution in [2.75, 3.05) is 5.43 Å². The van der Waals surface area contributed by atoms with Gasteiger partial charge in [-0.2, -0.15) is 5.26 Å². The number of hydrogen-bond acceptors (Lipinski definition) is 4. The molecular weight excluding hydrogens is 262 g/mol. The Balaban J connectivity index is 2.22. The molecule has 4 nitrogen and oxygen atoms in total. The normalized spacial score (nSPS) is 11.0. The summed E-state index contributed by atoms with van der Waals surface area (Å²) >= 11 is 0. The van der Waals surface area contributed by atoms with E-state index in [2.05, 4.69) is 16.6 Å². The van der Waals surface area contributed by atoms with Crippen LogP contribution in [0.15, 0.2) is 59.7 Å². The van der Waals surface area contributed by atoms with Crippen LogP contribution in [0.4, 0.5) is 5.69 Å². The maximum atomic E-state index is 8.90. The van der Waals surface area contributed by atoms with Crippen LogP contribution in [0.5, 0.6) is 0 Å². The van der Waals surface area contributed by atoms with Gasteiger partial charge in [0.2, 0.25) is 5.90 Å². The van der Waals surface area contributed by atoms with Crippen LogP contribution >= 0.6 is 0 Å². The van der Waals surface area contributed by atoms with Gasteiger partial charge in [-0.1, -0.05) is 24.3 Å². The van der Waals surface area contributed by atoms with Gasteiger partial charge in [0.1, 0.15) is 0 Å². The lowest BCUT2D eigenvalue weighted by Crippen LogP contribution is -2.14. The third kappa shape index (κ3) is 4.36. The van der Waals surface area contributed by atoms with Crippen molar-refractivity contribution in [1.82, 2.24) is 0 Å². The summed E-state index contributed by atoms with van der Waals surface area (Å²) < 4.78 is 5.74. The molecule has 0 radical (unpaired) electrons. The van der Waals surface area contributed by atoms with E-state index < -0.39 is 0 Å². The Bertz CT molecular complexity index is 657. The minimum Gasteiger partial charge on any atom is -0.474 e. The molecule has 4 heteroatoms. The summed E-state index contributed by atoms with van der Waals surface area (Å²) in [5.41, 5.74) is 5.16. The SMILES string of the molecule is CC(C)O/C(=N\Nc1cccc(C#N)c1)c1ccccc1. The van der Waals surface area contributed by atoms with Crippen LogP contribution in [0.3, 0.4) is 0 Å². The molecule has 0 aliphatic heterocycles. The summed E-state index contributed by atoms with van der Waals surface area (Å²) in [6, 6.07) is 18.9. The highest BCUT2D eigenvalue weighted by Gasteiger charge is 2.07. The smallest absolute Gasteiger partial charge is 0.238 e. The van der Waals surface area contributed by atoms with Crippen molar-refractivity contribution in [3.05, 3.63) is 65.7 Å². The van der Waals surface area contributed by atoms with Crippen LogP contribution in [0.2, 0.25) is 0 Å². The molecule has 0 saturated carbocycles. The Labute approximate surface area is 124 Å². The maximum absolute atomic E-state index is 8.90. The summed E-state index contributed by atoms with van der Waals surface area (Å²) in [5, 5.41) is 13.2. The molecule has 0 fully saturated rings. The van der Waals surface area contributed by atoms with Crippen LogP contribution in [0.25, 0.3) is 0 Å². The van der Waals surface area contributed by atoms with Gasteiger partial charge in [0.05, 0.1) is 23.4 Å². The highest BCUT2D eigenvalue weighted by Crippen LogP contribution is 2.11. The second-order valence-electron chi connectivity index (χ2n) is 4.75. The third-order valence-corrected chi connectivity index (χ3v) is 2.65. The highest BCUT2D eigenvalue weighted by molar-refractivity contribution is 5.94. The Morgan fingerprint density at radius 2 is 1.90 bits per heavy atom. The van der Waals surface area contributed by atoms with Crippen molar-refractivity contribution in [2.24, 2.45) is 5.10 Å². The van der Waals surface area contributed by atoms with Gasteiger partial charge in [-0.25, -0.2) is 0 Å². The van der Waals surface area contributed by atoms with Gasteiger partial charge >= 0.3 is 0 Å². The van der Waals surface area contributed by atoms with E-state index in [0.29, 0.717) is 11.5 Å². The van der Waals surface area contributed by atoms with Gasteiger partial charge in [-0.3, -0.25) is 5.43 Å². The highest BCUT2D eigenvalue weighted by atomic mass is 16.5. The number of hydrazone groups is 1. The quantitative estimate of drug-likeness (QED) is 0.526. The minimum atomic E-state index is 0.0243. The molecule has 0 aromatic heterocycles. The monoisotopic (exact) mass is 279 g/mol. The maximum Gasteiger partial charge on any atom is 0.238 e. The molecule has 0 atom stereocenters. The first kappa shape index (κ1) is 14.6. The fourth-order valence-electron chi connectivity index (χ4n) is 1.74. The molecule has 2 rings (SSSR count). The van der Waals surface area contributed by atoms with E-state index in [1.165, 1.54) is 0 Å². The Morgan fingerprint density at radius 1 is 1.14 bits per heavy atom. The Kier molecular flexibility index (Phi) is 4.94. The molecule has 0 bridgehead atoms. The minimum absolute atomic E-state index is 0.0243. The van der Waals surface area contributed by atoms with Gasteiger partial charge in [-0.15, -0.1) is 5.10 Å². The number of hydrogen-bond donors (Lipinski definition) is 1. The van der Waals surface area contributed by atoms with Crippen LogP contribution < -0.4 is 5.43 Å². The topological polar surface area (TPSA) is 57.4 Å². The molecule has 0 saturated heterocycles. The molecular formula is C17H17N3O. The van der Waals surface area contributed by atoms with Crippen LogP contribution in [-0.2, 0) is 4.74 Å². The third-order valence-electron chi connectivity index (χ3n) is 2.65. The standard InChI is InChI=1S/C17H17N3O/c1-13(2)21-17(15-8-4-3-5-9-15)20-19-16-10-6-7-14(11-16)12-18/h3-11,13,19H,1-2H3/b20-17-. The lowest BCUT2D eigenvalue weighted by molar-refractivity contribution is 0.229. The summed E-state index contributed by atoms with van der Waals surface area (Å²) in [6.45, 7) is 3.91. The molecule has 0 amide bonds. The van der Waals surface area contributed by atoms with Gasteiger partial charge in [0, 0.05) is 5.56 Å². The van der Waals surface area contributed by atoms with Crippen molar-refractivity contribution in [3.63, 3.8) is 0 Å². The first-order chi connectivity index (χ1) is 10.2. The predicted octanol–water partition coefficient (Wildman–Crippen LogP) is 3.76. The average Bonchev–Trinajstić information content (AvgIpc) is 2.52. The van der Waals surface area contributed by atoms with E-state index in [1.807, 2.05) is 56.3 Å². The predicted molar refractivity (Wildman–Crippen MR) is 84.0 cm³/mol. The van der Waals surface area contributed by atoms with Crippen LogP contribution in [0.1, 0.15) is 25.0 Å². The molecule has 2 aromatic carbocycles. The lowest BCUT2D eigenvalue weighted by atomic mass is 10.2. The molecule has 0 spiro atoms. The first-order valence-electron chi connectivity index (χ1n) is 6.75. The number of nitrogens with zero attached hydrogens (tertiary/aromatic N) is 2. The van der Waals surface area contributed by atoms with Gasteiger partial charge in [-0.05, 0) is 44.2 Å². The van der Waals surface area contributed by atoms with Crippen LogP contribution in [0, 0.1) is 11.3 Å². The Hall–Kier alpha value is -2.80. The molecule has 0 aliphatic rings. The van der Waals surface area contributed by atoms with Crippen molar-refractivity contribution in [2.45, 2.75) is 20.0 Å². The number of benzene rings is 2. The summed E-state index contributed by atoms with van der Waals surface area (Å²) in [6.07, 6.45) is 0.0243. The molecule has 0 heterocycles. The number of nitrogens with one attached hydrogen (secondary N) is 1. The molecule has 0 unspecified atom stereocenters. The zero-order valence-corrected chi connectivity index (χ0v) is 12.1. The Morgan fingerprint density at radius 3 is 2.57 bits per heavy atom. The fourth-order valence-corrected chi connectivity index (χ4v) is 1.74. The fraction of sp³-hybridized carbons (Fsp3) is 0.176. The largest absolute Gasteiger partial charge is 0.474 e. The first-order valence-corrected chi connectivity index (χ1v) is 6.75.